The zero-order valence-corrected chi connectivity index (χ0v) is 19.1. The molecule has 0 N–H and O–H groups in total. The number of non-ortho nitro benzene ring substituents is 1. The molecule has 1 aliphatic carbocycles. The number of carbonyl (C=O) groups excluding carboxylic acids is 4. The first-order valence-corrected chi connectivity index (χ1v) is 11.3. The number of hydrazine groups is 1. The van der Waals surface area contributed by atoms with Gasteiger partial charge in [0.1, 0.15) is 6.54 Å². The van der Waals surface area contributed by atoms with Gasteiger partial charge in [0.2, 0.25) is 0 Å². The molecule has 2 aliphatic rings. The maximum Gasteiger partial charge on any atom is 0.274 e. The number of Topliss-reactive ketones (excluding diaryl/α,β-unsaturated/α-hetero) is 1. The van der Waals surface area contributed by atoms with Crippen LogP contribution in [0.4, 0.5) is 5.69 Å². The van der Waals surface area contributed by atoms with Gasteiger partial charge in [0.15, 0.2) is 5.78 Å². The van der Waals surface area contributed by atoms with Crippen molar-refractivity contribution in [2.45, 2.75) is 26.2 Å². The van der Waals surface area contributed by atoms with Gasteiger partial charge >= 0.3 is 0 Å². The van der Waals surface area contributed by atoms with Crippen molar-refractivity contribution in [3.05, 3.63) is 74.8 Å². The van der Waals surface area contributed by atoms with Crippen molar-refractivity contribution in [3.8, 4) is 0 Å². The fourth-order valence-electron chi connectivity index (χ4n) is 4.61. The van der Waals surface area contributed by atoms with Crippen molar-refractivity contribution in [3.63, 3.8) is 0 Å². The van der Waals surface area contributed by atoms with Crippen molar-refractivity contribution in [2.75, 3.05) is 6.54 Å². The Bertz CT molecular complexity index is 1180. The summed E-state index contributed by atoms with van der Waals surface area (Å²) in [5.74, 6) is -3.13. The third-order valence-electron chi connectivity index (χ3n) is 6.44. The molecule has 9 nitrogen and oxygen atoms in total. The van der Waals surface area contributed by atoms with Crippen LogP contribution in [0.15, 0.2) is 48.5 Å². The summed E-state index contributed by atoms with van der Waals surface area (Å²) in [4.78, 5) is 63.4. The van der Waals surface area contributed by atoms with Crippen LogP contribution in [0.2, 0.25) is 5.02 Å². The standard InChI is InChI=1S/C24H22ClN3O6/c1-14-6-11-17-19(12-14)24(32)27(23(17)31)26(22(30)18-4-2-3-5-20(18)25)13-21(29)15-7-9-16(10-8-15)28(33)34/h2-5,7-10,14,17,19H,6,11-13H2,1H3/t14-,17-,19-/m1/s1. The number of nitro benzene ring substituents is 1. The van der Waals surface area contributed by atoms with Crippen molar-refractivity contribution in [2.24, 2.45) is 17.8 Å². The van der Waals surface area contributed by atoms with E-state index < -0.39 is 46.8 Å². The second-order valence-corrected chi connectivity index (χ2v) is 9.10. The Hall–Kier alpha value is -3.59. The molecule has 3 amide bonds. The number of imide groups is 1. The van der Waals surface area contributed by atoms with E-state index in [4.69, 9.17) is 11.6 Å². The largest absolute Gasteiger partial charge is 0.292 e. The number of hydrogen-bond donors (Lipinski definition) is 0. The van der Waals surface area contributed by atoms with Gasteiger partial charge in [0, 0.05) is 17.7 Å². The number of amides is 3. The molecule has 34 heavy (non-hydrogen) atoms. The van der Waals surface area contributed by atoms with Gasteiger partial charge in [-0.25, -0.2) is 5.01 Å². The van der Waals surface area contributed by atoms with Crippen molar-refractivity contribution in [1.29, 1.82) is 0 Å². The second-order valence-electron chi connectivity index (χ2n) is 8.69. The Morgan fingerprint density at radius 1 is 1.06 bits per heavy atom. The molecular formula is C24H22ClN3O6. The Morgan fingerprint density at radius 3 is 2.35 bits per heavy atom. The monoisotopic (exact) mass is 483 g/mol. The van der Waals surface area contributed by atoms with E-state index in [1.165, 1.54) is 36.4 Å². The van der Waals surface area contributed by atoms with Crippen LogP contribution in [0.3, 0.4) is 0 Å². The summed E-state index contributed by atoms with van der Waals surface area (Å²) in [6.07, 6.45) is 1.88. The third kappa shape index (κ3) is 4.31. The molecule has 0 radical (unpaired) electrons. The summed E-state index contributed by atoms with van der Waals surface area (Å²) in [5.41, 5.74) is -0.0409. The molecule has 1 aliphatic heterocycles. The highest BCUT2D eigenvalue weighted by Gasteiger charge is 2.53. The lowest BCUT2D eigenvalue weighted by Gasteiger charge is -2.30. The highest BCUT2D eigenvalue weighted by atomic mass is 35.5. The Balaban J connectivity index is 1.69. The summed E-state index contributed by atoms with van der Waals surface area (Å²) in [7, 11) is 0. The highest BCUT2D eigenvalue weighted by molar-refractivity contribution is 6.34. The van der Waals surface area contributed by atoms with Crippen LogP contribution < -0.4 is 0 Å². The number of nitrogens with zero attached hydrogens (tertiary/aromatic N) is 3. The molecule has 3 atom stereocenters. The van der Waals surface area contributed by atoms with Gasteiger partial charge in [0.05, 0.1) is 27.3 Å². The number of benzene rings is 2. The molecular weight excluding hydrogens is 462 g/mol. The number of nitro groups is 1. The van der Waals surface area contributed by atoms with Gasteiger partial charge in [-0.3, -0.25) is 29.3 Å². The molecule has 1 saturated heterocycles. The quantitative estimate of drug-likeness (QED) is 0.266. The molecule has 0 bridgehead atoms. The minimum absolute atomic E-state index is 0.0458. The first kappa shape index (κ1) is 23.6. The number of ketones is 1. The molecule has 1 heterocycles. The summed E-state index contributed by atoms with van der Waals surface area (Å²) in [6, 6.07) is 11.1. The predicted octanol–water partition coefficient (Wildman–Crippen LogP) is 3.91. The van der Waals surface area contributed by atoms with Gasteiger partial charge in [-0.1, -0.05) is 30.7 Å². The summed E-state index contributed by atoms with van der Waals surface area (Å²) >= 11 is 6.20. The molecule has 0 unspecified atom stereocenters. The zero-order chi connectivity index (χ0) is 24.6. The van der Waals surface area contributed by atoms with Crippen LogP contribution in [-0.4, -0.2) is 45.0 Å². The summed E-state index contributed by atoms with van der Waals surface area (Å²) in [5, 5.41) is 12.7. The molecule has 0 spiro atoms. The lowest BCUT2D eigenvalue weighted by Crippen LogP contribution is -2.52. The topological polar surface area (TPSA) is 118 Å². The van der Waals surface area contributed by atoms with Crippen LogP contribution in [0.25, 0.3) is 0 Å². The normalized spacial score (nSPS) is 21.8. The van der Waals surface area contributed by atoms with Crippen molar-refractivity contribution >= 4 is 40.8 Å². The summed E-state index contributed by atoms with van der Waals surface area (Å²) < 4.78 is 0. The average molecular weight is 484 g/mol. The fraction of sp³-hybridized carbons (Fsp3) is 0.333. The van der Waals surface area contributed by atoms with E-state index in [0.29, 0.717) is 12.8 Å². The number of rotatable bonds is 6. The van der Waals surface area contributed by atoms with Crippen LogP contribution >= 0.6 is 11.6 Å². The third-order valence-corrected chi connectivity index (χ3v) is 6.77. The number of hydrogen-bond acceptors (Lipinski definition) is 6. The predicted molar refractivity (Wildman–Crippen MR) is 122 cm³/mol. The lowest BCUT2D eigenvalue weighted by molar-refractivity contribution is -0.384. The van der Waals surface area contributed by atoms with Gasteiger partial charge in [-0.15, -0.1) is 0 Å². The molecule has 2 fully saturated rings. The fourth-order valence-corrected chi connectivity index (χ4v) is 4.83. The van der Waals surface area contributed by atoms with E-state index in [0.717, 1.165) is 16.4 Å². The van der Waals surface area contributed by atoms with Gasteiger partial charge in [-0.05, 0) is 49.4 Å². The van der Waals surface area contributed by atoms with Crippen molar-refractivity contribution in [1.82, 2.24) is 10.0 Å². The van der Waals surface area contributed by atoms with E-state index in [-0.39, 0.29) is 27.8 Å². The van der Waals surface area contributed by atoms with Crippen LogP contribution in [-0.2, 0) is 9.59 Å². The Kier molecular flexibility index (Phi) is 6.47. The molecule has 176 valence electrons. The summed E-state index contributed by atoms with van der Waals surface area (Å²) in [6.45, 7) is 1.41. The zero-order valence-electron chi connectivity index (χ0n) is 18.3. The van der Waals surface area contributed by atoms with Crippen LogP contribution in [0.1, 0.15) is 46.9 Å². The Morgan fingerprint density at radius 2 is 1.71 bits per heavy atom. The molecule has 4 rings (SSSR count). The molecule has 1 saturated carbocycles. The van der Waals surface area contributed by atoms with Crippen LogP contribution in [0.5, 0.6) is 0 Å². The second kappa shape index (κ2) is 9.34. The highest BCUT2D eigenvalue weighted by Crippen LogP contribution is 2.41. The van der Waals surface area contributed by atoms with E-state index in [1.807, 2.05) is 6.92 Å². The van der Waals surface area contributed by atoms with Gasteiger partial charge in [0.25, 0.3) is 23.4 Å². The van der Waals surface area contributed by atoms with Crippen molar-refractivity contribution < 1.29 is 24.1 Å². The first-order chi connectivity index (χ1) is 16.2. The number of halogens is 1. The van der Waals surface area contributed by atoms with E-state index in [2.05, 4.69) is 0 Å². The van der Waals surface area contributed by atoms with Crippen LogP contribution in [0, 0.1) is 27.9 Å². The maximum absolute atomic E-state index is 13.5. The number of fused-ring (bicyclic) bond motifs is 1. The smallest absolute Gasteiger partial charge is 0.274 e. The number of carbonyl (C=O) groups is 4. The SMILES string of the molecule is C[C@@H]1CC[C@H]2C(=O)N(N(CC(=O)c3ccc([N+](=O)[O-])cc3)C(=O)c3ccccc3Cl)C(=O)[C@@H]2C1. The minimum Gasteiger partial charge on any atom is -0.292 e. The molecule has 0 aromatic heterocycles. The van der Waals surface area contributed by atoms with E-state index >= 15 is 0 Å². The first-order valence-electron chi connectivity index (χ1n) is 10.9. The molecule has 10 heteroatoms. The van der Waals surface area contributed by atoms with Gasteiger partial charge in [-0.2, -0.15) is 5.01 Å². The maximum atomic E-state index is 13.5. The Labute approximate surface area is 200 Å². The lowest BCUT2D eigenvalue weighted by atomic mass is 9.76. The molecule has 2 aromatic carbocycles. The van der Waals surface area contributed by atoms with E-state index in [1.54, 1.807) is 12.1 Å². The molecule has 2 aromatic rings. The average Bonchev–Trinajstić information content (AvgIpc) is 3.06. The van der Waals surface area contributed by atoms with E-state index in [9.17, 15) is 29.3 Å². The van der Waals surface area contributed by atoms with Gasteiger partial charge < -0.3 is 0 Å². The minimum atomic E-state index is -0.755.